The summed E-state index contributed by atoms with van der Waals surface area (Å²) in [6.45, 7) is 5.01. The molecule has 0 aromatic heterocycles. The molecule has 1 aromatic rings. The molecule has 0 amide bonds. The minimum Gasteiger partial charge on any atom is -0.385 e. The molecule has 0 aliphatic heterocycles. The zero-order valence-corrected chi connectivity index (χ0v) is 19.6. The van der Waals surface area contributed by atoms with Crippen LogP contribution in [0.5, 0.6) is 0 Å². The molecule has 1 unspecified atom stereocenters. The van der Waals surface area contributed by atoms with Crippen LogP contribution in [0, 0.1) is 11.2 Å². The molecular formula is C21H35FIN3O2. The van der Waals surface area contributed by atoms with E-state index in [1.807, 2.05) is 0 Å². The quantitative estimate of drug-likeness (QED) is 0.282. The van der Waals surface area contributed by atoms with E-state index in [2.05, 4.69) is 17.6 Å². The van der Waals surface area contributed by atoms with Crippen molar-refractivity contribution >= 4 is 29.9 Å². The van der Waals surface area contributed by atoms with Gasteiger partial charge in [0.1, 0.15) is 5.82 Å². The van der Waals surface area contributed by atoms with E-state index in [0.29, 0.717) is 6.54 Å². The van der Waals surface area contributed by atoms with E-state index in [-0.39, 0.29) is 41.3 Å². The number of ether oxygens (including phenoxy) is 2. The molecule has 2 rings (SSSR count). The number of aliphatic imine (C=N–C) groups is 1. The molecule has 1 aliphatic carbocycles. The monoisotopic (exact) mass is 507 g/mol. The van der Waals surface area contributed by atoms with Crippen LogP contribution >= 0.6 is 24.0 Å². The number of guanidine groups is 1. The Kier molecular flexibility index (Phi) is 11.9. The molecule has 0 radical (unpaired) electrons. The van der Waals surface area contributed by atoms with Crippen LogP contribution < -0.4 is 10.6 Å². The van der Waals surface area contributed by atoms with Gasteiger partial charge in [-0.1, -0.05) is 25.0 Å². The van der Waals surface area contributed by atoms with Crippen LogP contribution in [0.4, 0.5) is 4.39 Å². The van der Waals surface area contributed by atoms with Gasteiger partial charge in [0.2, 0.25) is 0 Å². The van der Waals surface area contributed by atoms with Gasteiger partial charge in [0.25, 0.3) is 0 Å². The molecule has 2 N–H and O–H groups in total. The summed E-state index contributed by atoms with van der Waals surface area (Å²) in [4.78, 5) is 4.86. The highest BCUT2D eigenvalue weighted by Gasteiger charge is 2.33. The van der Waals surface area contributed by atoms with Crippen molar-refractivity contribution in [3.63, 3.8) is 0 Å². The average molecular weight is 507 g/mol. The van der Waals surface area contributed by atoms with Gasteiger partial charge in [0.05, 0.1) is 6.10 Å². The molecule has 0 saturated heterocycles. The number of hydrogen-bond donors (Lipinski definition) is 2. The Balaban J connectivity index is 0.00000392. The molecule has 160 valence electrons. The summed E-state index contributed by atoms with van der Waals surface area (Å²) >= 11 is 0. The Labute approximate surface area is 185 Å². The molecule has 1 aliphatic rings. The van der Waals surface area contributed by atoms with Crippen molar-refractivity contribution in [3.05, 3.63) is 35.6 Å². The first-order chi connectivity index (χ1) is 13.1. The minimum atomic E-state index is -0.241. The lowest BCUT2D eigenvalue weighted by Crippen LogP contribution is -2.40. The third-order valence-electron chi connectivity index (χ3n) is 5.40. The summed E-state index contributed by atoms with van der Waals surface area (Å²) in [5.41, 5.74) is 1.20. The normalized spacial score (nSPS) is 17.1. The topological polar surface area (TPSA) is 54.9 Å². The Morgan fingerprint density at radius 2 is 1.86 bits per heavy atom. The van der Waals surface area contributed by atoms with Crippen molar-refractivity contribution in [2.24, 2.45) is 10.4 Å². The fourth-order valence-electron chi connectivity index (χ4n) is 3.72. The largest absolute Gasteiger partial charge is 0.385 e. The zero-order valence-electron chi connectivity index (χ0n) is 17.3. The van der Waals surface area contributed by atoms with E-state index < -0.39 is 0 Å². The van der Waals surface area contributed by atoms with Crippen LogP contribution in [0.25, 0.3) is 0 Å². The Hall–Kier alpha value is -0.930. The Morgan fingerprint density at radius 3 is 2.43 bits per heavy atom. The number of halogens is 2. The first kappa shape index (κ1) is 25.1. The van der Waals surface area contributed by atoms with Gasteiger partial charge in [-0.2, -0.15) is 0 Å². The number of nitrogens with zero attached hydrogens (tertiary/aromatic N) is 1. The van der Waals surface area contributed by atoms with E-state index in [4.69, 9.17) is 14.5 Å². The maximum absolute atomic E-state index is 13.1. The summed E-state index contributed by atoms with van der Waals surface area (Å²) < 4.78 is 24.0. The fourth-order valence-corrected chi connectivity index (χ4v) is 3.72. The smallest absolute Gasteiger partial charge is 0.191 e. The van der Waals surface area contributed by atoms with E-state index in [1.165, 1.54) is 37.8 Å². The molecule has 1 fully saturated rings. The third-order valence-corrected chi connectivity index (χ3v) is 5.40. The van der Waals surface area contributed by atoms with E-state index in [9.17, 15) is 4.39 Å². The van der Waals surface area contributed by atoms with Crippen LogP contribution in [0.1, 0.15) is 50.7 Å². The van der Waals surface area contributed by atoms with Crippen molar-refractivity contribution < 1.29 is 13.9 Å². The van der Waals surface area contributed by atoms with Crippen molar-refractivity contribution in [2.75, 3.05) is 40.5 Å². The summed E-state index contributed by atoms with van der Waals surface area (Å²) in [6.07, 6.45) is 5.88. The van der Waals surface area contributed by atoms with E-state index in [1.54, 1.807) is 26.4 Å². The Morgan fingerprint density at radius 1 is 1.18 bits per heavy atom. The van der Waals surface area contributed by atoms with Gasteiger partial charge in [0.15, 0.2) is 5.96 Å². The van der Waals surface area contributed by atoms with Crippen LogP contribution in [-0.2, 0) is 9.47 Å². The number of benzene rings is 1. The lowest BCUT2D eigenvalue weighted by Gasteiger charge is -2.27. The van der Waals surface area contributed by atoms with Gasteiger partial charge >= 0.3 is 0 Å². The predicted molar refractivity (Wildman–Crippen MR) is 123 cm³/mol. The van der Waals surface area contributed by atoms with Crippen LogP contribution in [0.3, 0.4) is 0 Å². The maximum atomic E-state index is 13.1. The number of hydrogen-bond acceptors (Lipinski definition) is 3. The number of nitrogens with one attached hydrogen (secondary N) is 2. The first-order valence-corrected chi connectivity index (χ1v) is 9.92. The van der Waals surface area contributed by atoms with Crippen molar-refractivity contribution in [1.29, 1.82) is 0 Å². The van der Waals surface area contributed by atoms with E-state index in [0.717, 1.165) is 37.6 Å². The van der Waals surface area contributed by atoms with E-state index >= 15 is 0 Å². The zero-order chi connectivity index (χ0) is 19.5. The highest BCUT2D eigenvalue weighted by atomic mass is 127. The average Bonchev–Trinajstić information content (AvgIpc) is 3.15. The van der Waals surface area contributed by atoms with Gasteiger partial charge in [0, 0.05) is 40.5 Å². The van der Waals surface area contributed by atoms with Gasteiger partial charge in [-0.3, -0.25) is 4.99 Å². The lowest BCUT2D eigenvalue weighted by atomic mass is 9.83. The molecule has 7 heteroatoms. The predicted octanol–water partition coefficient (Wildman–Crippen LogP) is 4.28. The molecule has 0 bridgehead atoms. The molecule has 1 atom stereocenters. The highest BCUT2D eigenvalue weighted by Crippen LogP contribution is 2.41. The summed E-state index contributed by atoms with van der Waals surface area (Å²) in [6, 6.07) is 6.43. The molecule has 0 heterocycles. The third kappa shape index (κ3) is 7.83. The lowest BCUT2D eigenvalue weighted by molar-refractivity contribution is 0.106. The second kappa shape index (κ2) is 13.3. The summed E-state index contributed by atoms with van der Waals surface area (Å²) in [5, 5.41) is 6.68. The first-order valence-electron chi connectivity index (χ1n) is 9.92. The Bertz CT molecular complexity index is 578. The number of methoxy groups -OCH3 is 2. The van der Waals surface area contributed by atoms with Gasteiger partial charge < -0.3 is 20.1 Å². The SMILES string of the molecule is CCNC(=NCC1(CCOC)CCCC1)NCC(OC)c1ccc(F)cc1.I. The molecule has 5 nitrogen and oxygen atoms in total. The molecular weight excluding hydrogens is 472 g/mol. The van der Waals surface area contributed by atoms with Crippen LogP contribution in [0.15, 0.2) is 29.3 Å². The fraction of sp³-hybridized carbons (Fsp3) is 0.667. The maximum Gasteiger partial charge on any atom is 0.191 e. The van der Waals surface area contributed by atoms with Crippen molar-refractivity contribution in [2.45, 2.75) is 45.1 Å². The number of rotatable bonds is 10. The molecule has 28 heavy (non-hydrogen) atoms. The molecule has 0 spiro atoms. The van der Waals surface area contributed by atoms with Gasteiger partial charge in [-0.15, -0.1) is 24.0 Å². The molecule has 1 saturated carbocycles. The van der Waals surface area contributed by atoms with Crippen molar-refractivity contribution in [3.8, 4) is 0 Å². The van der Waals surface area contributed by atoms with Gasteiger partial charge in [-0.05, 0) is 49.3 Å². The molecule has 1 aromatic carbocycles. The standard InChI is InChI=1S/C21H34FN3O2.HI/c1-4-23-20(25-16-21(13-14-26-2)11-5-6-12-21)24-15-19(27-3)17-7-9-18(22)10-8-17;/h7-10,19H,4-6,11-16H2,1-3H3,(H2,23,24,25);1H. The van der Waals surface area contributed by atoms with Crippen molar-refractivity contribution in [1.82, 2.24) is 10.6 Å². The second-order valence-corrected chi connectivity index (χ2v) is 7.30. The summed E-state index contributed by atoms with van der Waals surface area (Å²) in [7, 11) is 3.43. The minimum absolute atomic E-state index is 0. The highest BCUT2D eigenvalue weighted by molar-refractivity contribution is 14.0. The van der Waals surface area contributed by atoms with Gasteiger partial charge in [-0.25, -0.2) is 4.39 Å². The second-order valence-electron chi connectivity index (χ2n) is 7.30. The summed E-state index contributed by atoms with van der Waals surface area (Å²) in [5.74, 6) is 0.555. The van der Waals surface area contributed by atoms with Crippen LogP contribution in [0.2, 0.25) is 0 Å². The van der Waals surface area contributed by atoms with Crippen LogP contribution in [-0.4, -0.2) is 46.4 Å².